The van der Waals surface area contributed by atoms with E-state index >= 15 is 0 Å². The fourth-order valence-corrected chi connectivity index (χ4v) is 2.35. The molecule has 0 saturated carbocycles. The SMILES string of the molecule is CCCc1cccc(C(NN)C(CCC)OC)c1. The van der Waals surface area contributed by atoms with Crippen molar-refractivity contribution in [1.82, 2.24) is 5.43 Å². The van der Waals surface area contributed by atoms with Crippen molar-refractivity contribution in [2.24, 2.45) is 5.84 Å². The van der Waals surface area contributed by atoms with Gasteiger partial charge in [-0.3, -0.25) is 11.3 Å². The number of rotatable bonds is 8. The Labute approximate surface area is 111 Å². The zero-order valence-electron chi connectivity index (χ0n) is 11.8. The molecule has 1 aromatic rings. The fourth-order valence-electron chi connectivity index (χ4n) is 2.35. The Morgan fingerprint density at radius 1 is 1.28 bits per heavy atom. The molecule has 0 heterocycles. The smallest absolute Gasteiger partial charge is 0.0778 e. The van der Waals surface area contributed by atoms with E-state index in [1.807, 2.05) is 0 Å². The average Bonchev–Trinajstić information content (AvgIpc) is 2.39. The zero-order chi connectivity index (χ0) is 13.4. The Morgan fingerprint density at radius 3 is 2.61 bits per heavy atom. The van der Waals surface area contributed by atoms with Crippen LogP contribution in [0.25, 0.3) is 0 Å². The van der Waals surface area contributed by atoms with Gasteiger partial charge in [0, 0.05) is 7.11 Å². The summed E-state index contributed by atoms with van der Waals surface area (Å²) >= 11 is 0. The maximum atomic E-state index is 5.71. The van der Waals surface area contributed by atoms with Crippen LogP contribution < -0.4 is 11.3 Å². The van der Waals surface area contributed by atoms with Gasteiger partial charge in [0.1, 0.15) is 0 Å². The molecule has 1 rings (SSSR count). The molecule has 0 aliphatic heterocycles. The number of hydrogen-bond donors (Lipinski definition) is 2. The molecule has 0 bridgehead atoms. The molecular weight excluding hydrogens is 224 g/mol. The van der Waals surface area contributed by atoms with E-state index in [-0.39, 0.29) is 12.1 Å². The van der Waals surface area contributed by atoms with Crippen molar-refractivity contribution >= 4 is 0 Å². The van der Waals surface area contributed by atoms with Gasteiger partial charge >= 0.3 is 0 Å². The lowest BCUT2D eigenvalue weighted by molar-refractivity contribution is 0.0606. The molecule has 0 aliphatic carbocycles. The molecule has 0 saturated heterocycles. The van der Waals surface area contributed by atoms with Crippen molar-refractivity contribution in [2.45, 2.75) is 51.7 Å². The highest BCUT2D eigenvalue weighted by Gasteiger charge is 2.21. The molecule has 0 radical (unpaired) electrons. The van der Waals surface area contributed by atoms with Crippen molar-refractivity contribution in [3.63, 3.8) is 0 Å². The van der Waals surface area contributed by atoms with Crippen LogP contribution >= 0.6 is 0 Å². The fraction of sp³-hybridized carbons (Fsp3) is 0.600. The number of methoxy groups -OCH3 is 1. The van der Waals surface area contributed by atoms with Crippen LogP contribution in [0.5, 0.6) is 0 Å². The maximum Gasteiger partial charge on any atom is 0.0778 e. The Bertz CT molecular complexity index is 341. The number of benzene rings is 1. The zero-order valence-corrected chi connectivity index (χ0v) is 11.8. The summed E-state index contributed by atoms with van der Waals surface area (Å²) in [6, 6.07) is 8.68. The number of ether oxygens (including phenoxy) is 1. The highest BCUT2D eigenvalue weighted by molar-refractivity contribution is 5.27. The second-order valence-corrected chi connectivity index (χ2v) is 4.70. The summed E-state index contributed by atoms with van der Waals surface area (Å²) in [6.07, 6.45) is 4.48. The first-order chi connectivity index (χ1) is 8.76. The average molecular weight is 250 g/mol. The van der Waals surface area contributed by atoms with Gasteiger partial charge in [-0.25, -0.2) is 0 Å². The predicted molar refractivity (Wildman–Crippen MR) is 76.2 cm³/mol. The highest BCUT2D eigenvalue weighted by Crippen LogP contribution is 2.23. The van der Waals surface area contributed by atoms with Gasteiger partial charge in [0.05, 0.1) is 12.1 Å². The predicted octanol–water partition coefficient (Wildman–Crippen LogP) is 2.96. The number of nitrogens with two attached hydrogens (primary N) is 1. The minimum atomic E-state index is 0.0618. The first-order valence-electron chi connectivity index (χ1n) is 6.84. The Hall–Kier alpha value is -0.900. The number of aryl methyl sites for hydroxylation is 1. The minimum Gasteiger partial charge on any atom is -0.379 e. The molecule has 0 fully saturated rings. The summed E-state index contributed by atoms with van der Waals surface area (Å²) < 4.78 is 5.56. The van der Waals surface area contributed by atoms with Crippen molar-refractivity contribution in [3.05, 3.63) is 35.4 Å². The monoisotopic (exact) mass is 250 g/mol. The van der Waals surface area contributed by atoms with Crippen molar-refractivity contribution in [3.8, 4) is 0 Å². The molecule has 2 atom stereocenters. The topological polar surface area (TPSA) is 47.3 Å². The summed E-state index contributed by atoms with van der Waals surface area (Å²) in [5, 5.41) is 0. The largest absolute Gasteiger partial charge is 0.379 e. The number of hydrogen-bond acceptors (Lipinski definition) is 3. The minimum absolute atomic E-state index is 0.0618. The molecule has 18 heavy (non-hydrogen) atoms. The normalized spacial score (nSPS) is 14.4. The summed E-state index contributed by atoms with van der Waals surface area (Å²) in [4.78, 5) is 0. The van der Waals surface area contributed by atoms with Crippen LogP contribution in [0.15, 0.2) is 24.3 Å². The molecule has 2 unspecified atom stereocenters. The first kappa shape index (κ1) is 15.2. The first-order valence-corrected chi connectivity index (χ1v) is 6.84. The molecule has 3 heteroatoms. The van der Waals surface area contributed by atoms with Gasteiger partial charge < -0.3 is 4.74 Å². The van der Waals surface area contributed by atoms with Gasteiger partial charge in [-0.2, -0.15) is 0 Å². The van der Waals surface area contributed by atoms with Gasteiger partial charge in [-0.1, -0.05) is 51.0 Å². The summed E-state index contributed by atoms with van der Waals surface area (Å²) in [5.74, 6) is 5.71. The third-order valence-corrected chi connectivity index (χ3v) is 3.28. The Morgan fingerprint density at radius 2 is 2.06 bits per heavy atom. The van der Waals surface area contributed by atoms with Crippen LogP contribution in [-0.4, -0.2) is 13.2 Å². The molecule has 3 nitrogen and oxygen atoms in total. The van der Waals surface area contributed by atoms with E-state index in [0.717, 1.165) is 25.7 Å². The van der Waals surface area contributed by atoms with E-state index < -0.39 is 0 Å². The van der Waals surface area contributed by atoms with Gasteiger partial charge in [-0.15, -0.1) is 0 Å². The van der Waals surface area contributed by atoms with Crippen LogP contribution in [-0.2, 0) is 11.2 Å². The van der Waals surface area contributed by atoms with Crippen LogP contribution in [0.4, 0.5) is 0 Å². The van der Waals surface area contributed by atoms with E-state index in [0.29, 0.717) is 0 Å². The molecule has 0 aromatic heterocycles. The second-order valence-electron chi connectivity index (χ2n) is 4.70. The summed E-state index contributed by atoms with van der Waals surface area (Å²) in [7, 11) is 1.75. The Balaban J connectivity index is 2.89. The summed E-state index contributed by atoms with van der Waals surface area (Å²) in [5.41, 5.74) is 5.47. The highest BCUT2D eigenvalue weighted by atomic mass is 16.5. The molecule has 0 spiro atoms. The van der Waals surface area contributed by atoms with Gasteiger partial charge in [-0.05, 0) is 24.0 Å². The molecule has 102 valence electrons. The van der Waals surface area contributed by atoms with Crippen LogP contribution in [0.2, 0.25) is 0 Å². The molecule has 3 N–H and O–H groups in total. The van der Waals surface area contributed by atoms with Gasteiger partial charge in [0.25, 0.3) is 0 Å². The maximum absolute atomic E-state index is 5.71. The lowest BCUT2D eigenvalue weighted by atomic mass is 9.96. The van der Waals surface area contributed by atoms with E-state index in [4.69, 9.17) is 10.6 Å². The Kier molecular flexibility index (Phi) is 6.94. The third-order valence-electron chi connectivity index (χ3n) is 3.28. The van der Waals surface area contributed by atoms with Gasteiger partial charge in [0.15, 0.2) is 0 Å². The van der Waals surface area contributed by atoms with Crippen molar-refractivity contribution in [1.29, 1.82) is 0 Å². The van der Waals surface area contributed by atoms with E-state index in [2.05, 4.69) is 43.5 Å². The van der Waals surface area contributed by atoms with E-state index in [9.17, 15) is 0 Å². The third kappa shape index (κ3) is 4.09. The van der Waals surface area contributed by atoms with Crippen molar-refractivity contribution < 1.29 is 4.74 Å². The second kappa shape index (κ2) is 8.25. The molecule has 0 aliphatic rings. The quantitative estimate of drug-likeness (QED) is 0.551. The van der Waals surface area contributed by atoms with Crippen LogP contribution in [0.1, 0.15) is 50.3 Å². The number of nitrogens with one attached hydrogen (secondary N) is 1. The van der Waals surface area contributed by atoms with Gasteiger partial charge in [0.2, 0.25) is 0 Å². The van der Waals surface area contributed by atoms with Crippen LogP contribution in [0, 0.1) is 0 Å². The van der Waals surface area contributed by atoms with E-state index in [1.54, 1.807) is 7.11 Å². The van der Waals surface area contributed by atoms with Crippen LogP contribution in [0.3, 0.4) is 0 Å². The lowest BCUT2D eigenvalue weighted by Gasteiger charge is -2.26. The summed E-state index contributed by atoms with van der Waals surface area (Å²) in [6.45, 7) is 4.35. The molecule has 1 aromatic carbocycles. The van der Waals surface area contributed by atoms with Crippen molar-refractivity contribution in [2.75, 3.05) is 7.11 Å². The molecule has 0 amide bonds. The standard InChI is InChI=1S/C15H26N2O/c1-4-7-12-9-6-10-13(11-12)15(17-16)14(18-3)8-5-2/h6,9-11,14-15,17H,4-5,7-8,16H2,1-3H3. The number of hydrazine groups is 1. The van der Waals surface area contributed by atoms with E-state index in [1.165, 1.54) is 11.1 Å². The molecular formula is C15H26N2O. The lowest BCUT2D eigenvalue weighted by Crippen LogP contribution is -2.37.